The van der Waals surface area contributed by atoms with Crippen molar-refractivity contribution >= 4 is 11.8 Å². The van der Waals surface area contributed by atoms with Crippen molar-refractivity contribution < 1.29 is 17.9 Å². The first-order valence-corrected chi connectivity index (χ1v) is 9.68. The van der Waals surface area contributed by atoms with Gasteiger partial charge in [0, 0.05) is 11.4 Å². The standard InChI is InChI=1S/C20H23F3N2OS/c1-26-18-10-9-17(27-20(21,22)23)13-16(18)12-15-8-5-11-25(24)19(15)14-6-3-2-4-7-14/h2-4,6-7,9-10,13,15,19H,5,8,11-12,24H2,1H3/t15-,19+/m1/s1. The van der Waals surface area contributed by atoms with Gasteiger partial charge in [0.25, 0.3) is 0 Å². The van der Waals surface area contributed by atoms with Crippen LogP contribution in [0.15, 0.2) is 53.4 Å². The number of halogens is 3. The highest BCUT2D eigenvalue weighted by Crippen LogP contribution is 2.41. The van der Waals surface area contributed by atoms with Gasteiger partial charge in [-0.3, -0.25) is 5.84 Å². The molecule has 1 fully saturated rings. The van der Waals surface area contributed by atoms with E-state index in [0.29, 0.717) is 12.2 Å². The monoisotopic (exact) mass is 396 g/mol. The fraction of sp³-hybridized carbons (Fsp3) is 0.400. The molecule has 1 heterocycles. The summed E-state index contributed by atoms with van der Waals surface area (Å²) in [6.45, 7) is 0.803. The number of alkyl halides is 3. The highest BCUT2D eigenvalue weighted by Gasteiger charge is 2.33. The summed E-state index contributed by atoms with van der Waals surface area (Å²) in [4.78, 5) is 0.176. The van der Waals surface area contributed by atoms with Gasteiger partial charge in [0.2, 0.25) is 0 Å². The van der Waals surface area contributed by atoms with E-state index in [4.69, 9.17) is 10.6 Å². The summed E-state index contributed by atoms with van der Waals surface area (Å²) < 4.78 is 43.7. The number of rotatable bonds is 5. The van der Waals surface area contributed by atoms with E-state index in [0.717, 1.165) is 30.5 Å². The maximum absolute atomic E-state index is 12.8. The molecule has 146 valence electrons. The van der Waals surface area contributed by atoms with Gasteiger partial charge in [-0.2, -0.15) is 13.2 Å². The number of hydrazine groups is 1. The molecule has 1 aliphatic rings. The highest BCUT2D eigenvalue weighted by atomic mass is 32.2. The van der Waals surface area contributed by atoms with Crippen LogP contribution in [-0.4, -0.2) is 24.2 Å². The number of methoxy groups -OCH3 is 1. The van der Waals surface area contributed by atoms with Crippen molar-refractivity contribution in [2.75, 3.05) is 13.7 Å². The van der Waals surface area contributed by atoms with Crippen molar-refractivity contribution in [3.05, 3.63) is 59.7 Å². The van der Waals surface area contributed by atoms with E-state index in [1.54, 1.807) is 19.2 Å². The van der Waals surface area contributed by atoms with Crippen molar-refractivity contribution in [2.24, 2.45) is 11.8 Å². The van der Waals surface area contributed by atoms with Crippen LogP contribution in [0.2, 0.25) is 0 Å². The van der Waals surface area contributed by atoms with Crippen molar-refractivity contribution in [3.63, 3.8) is 0 Å². The van der Waals surface area contributed by atoms with Crippen LogP contribution in [0.5, 0.6) is 5.75 Å². The summed E-state index contributed by atoms with van der Waals surface area (Å²) >= 11 is -0.0968. The van der Waals surface area contributed by atoms with Gasteiger partial charge in [-0.15, -0.1) is 0 Å². The van der Waals surface area contributed by atoms with Crippen molar-refractivity contribution in [1.82, 2.24) is 5.01 Å². The number of benzene rings is 2. The molecule has 2 N–H and O–H groups in total. The van der Waals surface area contributed by atoms with E-state index >= 15 is 0 Å². The molecule has 1 aliphatic heterocycles. The molecule has 0 spiro atoms. The zero-order chi connectivity index (χ0) is 19.4. The number of nitrogens with two attached hydrogens (primary N) is 1. The van der Waals surface area contributed by atoms with Gasteiger partial charge in [0.15, 0.2) is 0 Å². The molecule has 0 amide bonds. The Balaban J connectivity index is 1.88. The Hall–Kier alpha value is -1.70. The molecule has 3 rings (SSSR count). The molecule has 2 atom stereocenters. The quantitative estimate of drug-likeness (QED) is 0.559. The molecule has 7 heteroatoms. The molecule has 27 heavy (non-hydrogen) atoms. The van der Waals surface area contributed by atoms with E-state index in [1.807, 2.05) is 23.2 Å². The molecule has 2 aromatic carbocycles. The number of ether oxygens (including phenoxy) is 1. The lowest BCUT2D eigenvalue weighted by Crippen LogP contribution is -2.44. The summed E-state index contributed by atoms with van der Waals surface area (Å²) in [5, 5.41) is 1.85. The van der Waals surface area contributed by atoms with Gasteiger partial charge in [-0.25, -0.2) is 5.01 Å². The minimum Gasteiger partial charge on any atom is -0.496 e. The minimum absolute atomic E-state index is 0.0311. The van der Waals surface area contributed by atoms with Crippen LogP contribution in [0.25, 0.3) is 0 Å². The second-order valence-corrected chi connectivity index (χ2v) is 7.86. The number of hydrogen-bond acceptors (Lipinski definition) is 4. The van der Waals surface area contributed by atoms with E-state index in [9.17, 15) is 13.2 Å². The van der Waals surface area contributed by atoms with Crippen molar-refractivity contribution in [3.8, 4) is 5.75 Å². The first-order chi connectivity index (χ1) is 12.9. The zero-order valence-corrected chi connectivity index (χ0v) is 15.9. The Bertz CT molecular complexity index is 755. The molecule has 0 radical (unpaired) electrons. The predicted molar refractivity (Wildman–Crippen MR) is 101 cm³/mol. The Kier molecular flexibility index (Phi) is 6.34. The topological polar surface area (TPSA) is 38.5 Å². The van der Waals surface area contributed by atoms with Gasteiger partial charge in [-0.1, -0.05) is 30.3 Å². The number of piperidine rings is 1. The van der Waals surface area contributed by atoms with Gasteiger partial charge >= 0.3 is 5.51 Å². The normalized spacial score (nSPS) is 21.2. The fourth-order valence-corrected chi connectivity index (χ4v) is 4.43. The zero-order valence-electron chi connectivity index (χ0n) is 15.1. The summed E-state index contributed by atoms with van der Waals surface area (Å²) in [5.41, 5.74) is -2.39. The smallest absolute Gasteiger partial charge is 0.446 e. The minimum atomic E-state index is -4.31. The average molecular weight is 396 g/mol. The second-order valence-electron chi connectivity index (χ2n) is 6.72. The third-order valence-electron chi connectivity index (χ3n) is 4.90. The summed E-state index contributed by atoms with van der Waals surface area (Å²) in [5.74, 6) is 7.10. The van der Waals surface area contributed by atoms with Crippen molar-refractivity contribution in [1.29, 1.82) is 0 Å². The lowest BCUT2D eigenvalue weighted by Gasteiger charge is -2.39. The number of thioether (sulfide) groups is 1. The fourth-order valence-electron chi connectivity index (χ4n) is 3.83. The van der Waals surface area contributed by atoms with Crippen LogP contribution in [0.1, 0.15) is 30.0 Å². The molecule has 0 saturated carbocycles. The second kappa shape index (κ2) is 8.54. The third kappa shape index (κ3) is 5.18. The molecule has 2 aromatic rings. The largest absolute Gasteiger partial charge is 0.496 e. The highest BCUT2D eigenvalue weighted by molar-refractivity contribution is 8.00. The average Bonchev–Trinajstić information content (AvgIpc) is 2.61. The molecule has 0 bridgehead atoms. The van der Waals surface area contributed by atoms with Crippen LogP contribution in [0.4, 0.5) is 13.2 Å². The molecular weight excluding hydrogens is 373 g/mol. The molecular formula is C20H23F3N2OS. The summed E-state index contributed by atoms with van der Waals surface area (Å²) in [7, 11) is 1.54. The molecule has 0 unspecified atom stereocenters. The van der Waals surface area contributed by atoms with E-state index in [1.165, 1.54) is 6.07 Å². The number of nitrogens with zero attached hydrogens (tertiary/aromatic N) is 1. The van der Waals surface area contributed by atoms with Gasteiger partial charge < -0.3 is 4.74 Å². The summed E-state index contributed by atoms with van der Waals surface area (Å²) in [6, 6.07) is 14.7. The molecule has 0 aromatic heterocycles. The first-order valence-electron chi connectivity index (χ1n) is 8.86. The van der Waals surface area contributed by atoms with E-state index < -0.39 is 5.51 Å². The van der Waals surface area contributed by atoms with E-state index in [-0.39, 0.29) is 28.6 Å². The van der Waals surface area contributed by atoms with Gasteiger partial charge in [0.05, 0.1) is 13.2 Å². The SMILES string of the molecule is COc1ccc(SC(F)(F)F)cc1C[C@H]1CCCN(N)[C@H]1c1ccccc1. The maximum Gasteiger partial charge on any atom is 0.446 e. The lowest BCUT2D eigenvalue weighted by atomic mass is 9.81. The Morgan fingerprint density at radius 3 is 2.59 bits per heavy atom. The van der Waals surface area contributed by atoms with Crippen LogP contribution in [0.3, 0.4) is 0 Å². The van der Waals surface area contributed by atoms with E-state index in [2.05, 4.69) is 12.1 Å². The third-order valence-corrected chi connectivity index (χ3v) is 5.62. The summed E-state index contributed by atoms with van der Waals surface area (Å²) in [6.07, 6.45) is 2.54. The van der Waals surface area contributed by atoms with Gasteiger partial charge in [0.1, 0.15) is 5.75 Å². The Morgan fingerprint density at radius 1 is 1.19 bits per heavy atom. The Labute approximate surface area is 161 Å². The number of hydrogen-bond donors (Lipinski definition) is 1. The molecule has 1 saturated heterocycles. The van der Waals surface area contributed by atoms with Crippen molar-refractivity contribution in [2.45, 2.75) is 35.7 Å². The maximum atomic E-state index is 12.8. The lowest BCUT2D eigenvalue weighted by molar-refractivity contribution is -0.0328. The van der Waals surface area contributed by atoms with Crippen LogP contribution in [0, 0.1) is 5.92 Å². The van der Waals surface area contributed by atoms with Crippen LogP contribution < -0.4 is 10.6 Å². The predicted octanol–water partition coefficient (Wildman–Crippen LogP) is 5.18. The van der Waals surface area contributed by atoms with Crippen LogP contribution in [-0.2, 0) is 6.42 Å². The molecule has 0 aliphatic carbocycles. The van der Waals surface area contributed by atoms with Gasteiger partial charge in [-0.05, 0) is 66.3 Å². The molecule has 3 nitrogen and oxygen atoms in total. The van der Waals surface area contributed by atoms with Crippen LogP contribution >= 0.6 is 11.8 Å². The first kappa shape index (κ1) is 20.0. The Morgan fingerprint density at radius 2 is 1.93 bits per heavy atom.